The molecule has 20 heavy (non-hydrogen) atoms. The monoisotopic (exact) mass is 336 g/mol. The number of nitrogens with zero attached hydrogens (tertiary/aromatic N) is 2. The number of hydrogen-bond acceptors (Lipinski definition) is 3. The molecular weight excluding hydrogens is 320 g/mol. The van der Waals surface area contributed by atoms with Gasteiger partial charge in [-0.2, -0.15) is 5.10 Å². The zero-order valence-electron chi connectivity index (χ0n) is 12.0. The van der Waals surface area contributed by atoms with Crippen molar-refractivity contribution in [1.29, 1.82) is 0 Å². The van der Waals surface area contributed by atoms with Crippen LogP contribution in [0.2, 0.25) is 0 Å². The van der Waals surface area contributed by atoms with Crippen molar-refractivity contribution in [3.05, 3.63) is 34.4 Å². The first-order valence-corrected chi connectivity index (χ1v) is 7.06. The molecule has 0 spiro atoms. The van der Waals surface area contributed by atoms with Crippen molar-refractivity contribution in [3.8, 4) is 17.0 Å². The van der Waals surface area contributed by atoms with Gasteiger partial charge < -0.3 is 4.74 Å². The highest BCUT2D eigenvalue weighted by molar-refractivity contribution is 9.10. The van der Waals surface area contributed by atoms with E-state index >= 15 is 0 Å². The van der Waals surface area contributed by atoms with Crippen molar-refractivity contribution >= 4 is 22.2 Å². The summed E-state index contributed by atoms with van der Waals surface area (Å²) in [5.41, 5.74) is 1.84. The van der Waals surface area contributed by atoms with Gasteiger partial charge in [0.1, 0.15) is 16.0 Å². The zero-order chi connectivity index (χ0) is 14.9. The highest BCUT2D eigenvalue weighted by atomic mass is 79.9. The van der Waals surface area contributed by atoms with Crippen LogP contribution in [0.25, 0.3) is 11.3 Å². The molecule has 2 aromatic rings. The Labute approximate surface area is 126 Å². The molecule has 0 amide bonds. The number of hydrogen-bond donors (Lipinski definition) is 0. The third-order valence-electron chi connectivity index (χ3n) is 2.96. The molecule has 0 N–H and O–H groups in total. The Morgan fingerprint density at radius 1 is 1.35 bits per heavy atom. The summed E-state index contributed by atoms with van der Waals surface area (Å²) < 4.78 is 7.72. The normalized spacial score (nSPS) is 11.4. The van der Waals surface area contributed by atoms with Crippen molar-refractivity contribution < 1.29 is 9.53 Å². The van der Waals surface area contributed by atoms with Gasteiger partial charge in [0.2, 0.25) is 0 Å². The summed E-state index contributed by atoms with van der Waals surface area (Å²) in [5, 5.41) is 4.58. The summed E-state index contributed by atoms with van der Waals surface area (Å²) in [6.07, 6.45) is 0.828. The van der Waals surface area contributed by atoms with E-state index in [0.29, 0.717) is 15.9 Å². The molecule has 0 atom stereocenters. The number of carbonyl (C=O) groups is 1. The summed E-state index contributed by atoms with van der Waals surface area (Å²) in [7, 11) is 1.61. The Morgan fingerprint density at radius 3 is 2.60 bits per heavy atom. The van der Waals surface area contributed by atoms with Gasteiger partial charge in [-0.1, -0.05) is 12.1 Å². The minimum Gasteiger partial charge on any atom is -0.497 e. The van der Waals surface area contributed by atoms with Crippen LogP contribution < -0.4 is 4.74 Å². The molecular formula is C15H17BrN2O2. The number of carbonyl (C=O) groups excluding carboxylic acids is 1. The maximum absolute atomic E-state index is 11.4. The van der Waals surface area contributed by atoms with E-state index in [0.717, 1.165) is 17.6 Å². The second-order valence-corrected chi connectivity index (χ2v) is 6.24. The largest absolute Gasteiger partial charge is 0.497 e. The first-order chi connectivity index (χ1) is 9.38. The first kappa shape index (κ1) is 14.8. The van der Waals surface area contributed by atoms with E-state index in [1.807, 2.05) is 49.7 Å². The van der Waals surface area contributed by atoms with Gasteiger partial charge in [-0.15, -0.1) is 0 Å². The first-order valence-electron chi connectivity index (χ1n) is 6.27. The number of methoxy groups -OCH3 is 1. The van der Waals surface area contributed by atoms with Gasteiger partial charge in [0, 0.05) is 5.56 Å². The molecule has 4 nitrogen and oxygen atoms in total. The van der Waals surface area contributed by atoms with Crippen LogP contribution in [0.15, 0.2) is 28.9 Å². The van der Waals surface area contributed by atoms with Gasteiger partial charge in [0.15, 0.2) is 6.29 Å². The second-order valence-electron chi connectivity index (χ2n) is 5.49. The number of benzene rings is 1. The predicted molar refractivity (Wildman–Crippen MR) is 82.3 cm³/mol. The van der Waals surface area contributed by atoms with E-state index < -0.39 is 0 Å². The predicted octanol–water partition coefficient (Wildman–Crippen LogP) is 3.89. The topological polar surface area (TPSA) is 44.1 Å². The summed E-state index contributed by atoms with van der Waals surface area (Å²) in [6, 6.07) is 7.53. The second kappa shape index (κ2) is 5.40. The van der Waals surface area contributed by atoms with Crippen LogP contribution in [-0.2, 0) is 5.54 Å². The summed E-state index contributed by atoms with van der Waals surface area (Å²) in [4.78, 5) is 11.4. The Balaban J connectivity index is 2.64. The molecule has 0 aliphatic rings. The number of halogens is 1. The standard InChI is InChI=1S/C15H17BrN2O2/c1-15(2,3)18-14(16)12(9-19)13(17-18)10-6-5-7-11(8-10)20-4/h5-9H,1-4H3. The fourth-order valence-electron chi connectivity index (χ4n) is 1.94. The Hall–Kier alpha value is -1.62. The fraction of sp³-hybridized carbons (Fsp3) is 0.333. The number of rotatable bonds is 3. The third-order valence-corrected chi connectivity index (χ3v) is 3.72. The average molecular weight is 337 g/mol. The lowest BCUT2D eigenvalue weighted by Gasteiger charge is -2.20. The molecule has 1 aromatic carbocycles. The van der Waals surface area contributed by atoms with Crippen LogP contribution in [0.4, 0.5) is 0 Å². The highest BCUT2D eigenvalue weighted by Gasteiger charge is 2.24. The molecule has 106 valence electrons. The lowest BCUT2D eigenvalue weighted by Crippen LogP contribution is -2.23. The van der Waals surface area contributed by atoms with E-state index in [4.69, 9.17) is 4.74 Å². The van der Waals surface area contributed by atoms with Gasteiger partial charge in [0.25, 0.3) is 0 Å². The minimum atomic E-state index is -0.215. The lowest BCUT2D eigenvalue weighted by molar-refractivity contribution is 0.112. The quantitative estimate of drug-likeness (QED) is 0.798. The van der Waals surface area contributed by atoms with E-state index in [2.05, 4.69) is 21.0 Å². The molecule has 0 saturated carbocycles. The van der Waals surface area contributed by atoms with E-state index in [1.54, 1.807) is 7.11 Å². The van der Waals surface area contributed by atoms with Crippen molar-refractivity contribution in [1.82, 2.24) is 9.78 Å². The van der Waals surface area contributed by atoms with E-state index in [9.17, 15) is 4.79 Å². The van der Waals surface area contributed by atoms with Crippen LogP contribution in [0, 0.1) is 0 Å². The number of aldehydes is 1. The van der Waals surface area contributed by atoms with Crippen LogP contribution in [0.5, 0.6) is 5.75 Å². The molecule has 0 unspecified atom stereocenters. The molecule has 1 heterocycles. The van der Waals surface area contributed by atoms with Crippen LogP contribution in [0.3, 0.4) is 0 Å². The maximum Gasteiger partial charge on any atom is 0.155 e. The number of aromatic nitrogens is 2. The fourth-order valence-corrected chi connectivity index (χ4v) is 2.83. The molecule has 5 heteroatoms. The Morgan fingerprint density at radius 2 is 2.05 bits per heavy atom. The highest BCUT2D eigenvalue weighted by Crippen LogP contribution is 2.32. The molecule has 0 bridgehead atoms. The summed E-state index contributed by atoms with van der Waals surface area (Å²) in [5.74, 6) is 0.737. The van der Waals surface area contributed by atoms with E-state index in [-0.39, 0.29) is 5.54 Å². The van der Waals surface area contributed by atoms with Crippen LogP contribution in [-0.4, -0.2) is 23.2 Å². The molecule has 0 radical (unpaired) electrons. The molecule has 0 aliphatic carbocycles. The van der Waals surface area contributed by atoms with Gasteiger partial charge in [-0.3, -0.25) is 9.48 Å². The zero-order valence-corrected chi connectivity index (χ0v) is 13.6. The van der Waals surface area contributed by atoms with Crippen molar-refractivity contribution in [2.45, 2.75) is 26.3 Å². The van der Waals surface area contributed by atoms with Crippen molar-refractivity contribution in [2.24, 2.45) is 0 Å². The molecule has 0 fully saturated rings. The summed E-state index contributed by atoms with van der Waals surface area (Å²) >= 11 is 3.47. The molecule has 2 rings (SSSR count). The van der Waals surface area contributed by atoms with Gasteiger partial charge in [-0.05, 0) is 48.8 Å². The molecule has 0 saturated heterocycles. The van der Waals surface area contributed by atoms with E-state index in [1.165, 1.54) is 0 Å². The third kappa shape index (κ3) is 2.63. The van der Waals surface area contributed by atoms with Gasteiger partial charge >= 0.3 is 0 Å². The maximum atomic E-state index is 11.4. The van der Waals surface area contributed by atoms with Gasteiger partial charge in [-0.25, -0.2) is 0 Å². The van der Waals surface area contributed by atoms with Crippen LogP contribution in [0.1, 0.15) is 31.1 Å². The van der Waals surface area contributed by atoms with Gasteiger partial charge in [0.05, 0.1) is 18.2 Å². The summed E-state index contributed by atoms with van der Waals surface area (Å²) in [6.45, 7) is 6.11. The lowest BCUT2D eigenvalue weighted by atomic mass is 10.1. The smallest absolute Gasteiger partial charge is 0.155 e. The Kier molecular flexibility index (Phi) is 3.99. The molecule has 1 aromatic heterocycles. The SMILES string of the molecule is COc1cccc(-c2nn(C(C)(C)C)c(Br)c2C=O)c1. The average Bonchev–Trinajstić information content (AvgIpc) is 2.75. The van der Waals surface area contributed by atoms with Crippen molar-refractivity contribution in [2.75, 3.05) is 7.11 Å². The Bertz CT molecular complexity index is 642. The van der Waals surface area contributed by atoms with Crippen LogP contribution >= 0.6 is 15.9 Å². The van der Waals surface area contributed by atoms with Crippen molar-refractivity contribution in [3.63, 3.8) is 0 Å². The minimum absolute atomic E-state index is 0.215. The number of ether oxygens (including phenoxy) is 1. The molecule has 0 aliphatic heterocycles.